The van der Waals surface area contributed by atoms with E-state index in [-0.39, 0.29) is 5.91 Å². The number of anilines is 1. The SMILES string of the molecule is Cc1ccc(N(CCC#N)C(=O)C=Cc2cccs2)cc1C. The molecule has 2 aromatic rings. The third-order valence-electron chi connectivity index (χ3n) is 3.45. The van der Waals surface area contributed by atoms with E-state index in [2.05, 4.69) is 6.07 Å². The maximum absolute atomic E-state index is 12.5. The Morgan fingerprint density at radius 3 is 2.77 bits per heavy atom. The van der Waals surface area contributed by atoms with Crippen LogP contribution in [0.15, 0.2) is 41.8 Å². The quantitative estimate of drug-likeness (QED) is 0.772. The summed E-state index contributed by atoms with van der Waals surface area (Å²) in [5.74, 6) is -0.105. The second-order valence-electron chi connectivity index (χ2n) is 5.02. The number of nitriles is 1. The third-order valence-corrected chi connectivity index (χ3v) is 4.29. The van der Waals surface area contributed by atoms with Crippen LogP contribution >= 0.6 is 11.3 Å². The first-order chi connectivity index (χ1) is 10.6. The Kier molecular flexibility index (Phi) is 5.51. The molecule has 0 N–H and O–H groups in total. The zero-order valence-electron chi connectivity index (χ0n) is 12.7. The minimum atomic E-state index is -0.105. The lowest BCUT2D eigenvalue weighted by Crippen LogP contribution is -2.30. The molecule has 4 heteroatoms. The van der Waals surface area contributed by atoms with Crippen LogP contribution in [-0.4, -0.2) is 12.5 Å². The molecule has 1 aromatic carbocycles. The van der Waals surface area contributed by atoms with Crippen molar-refractivity contribution in [2.45, 2.75) is 20.3 Å². The first-order valence-corrected chi connectivity index (χ1v) is 7.97. The number of aryl methyl sites for hydroxylation is 2. The van der Waals surface area contributed by atoms with Gasteiger partial charge in [-0.05, 0) is 54.6 Å². The molecule has 3 nitrogen and oxygen atoms in total. The van der Waals surface area contributed by atoms with Crippen molar-refractivity contribution in [2.24, 2.45) is 0 Å². The average Bonchev–Trinajstić information content (AvgIpc) is 3.02. The van der Waals surface area contributed by atoms with Gasteiger partial charge in [0, 0.05) is 23.2 Å². The molecule has 0 fully saturated rings. The van der Waals surface area contributed by atoms with Gasteiger partial charge >= 0.3 is 0 Å². The van der Waals surface area contributed by atoms with Crippen LogP contribution in [0.2, 0.25) is 0 Å². The van der Waals surface area contributed by atoms with Crippen molar-refractivity contribution in [3.05, 3.63) is 57.8 Å². The molecule has 0 atom stereocenters. The standard InChI is InChI=1S/C18H18N2OS/c1-14-6-7-16(13-15(14)2)20(11-4-10-19)18(21)9-8-17-5-3-12-22-17/h3,5-9,12-13H,4,11H2,1-2H3. The smallest absolute Gasteiger partial charge is 0.251 e. The zero-order chi connectivity index (χ0) is 15.9. The Morgan fingerprint density at radius 2 is 2.14 bits per heavy atom. The lowest BCUT2D eigenvalue weighted by molar-refractivity contribution is -0.114. The van der Waals surface area contributed by atoms with E-state index in [4.69, 9.17) is 5.26 Å². The van der Waals surface area contributed by atoms with Gasteiger partial charge in [-0.25, -0.2) is 0 Å². The summed E-state index contributed by atoms with van der Waals surface area (Å²) in [4.78, 5) is 15.2. The summed E-state index contributed by atoms with van der Waals surface area (Å²) < 4.78 is 0. The van der Waals surface area contributed by atoms with E-state index in [1.807, 2.05) is 55.6 Å². The van der Waals surface area contributed by atoms with Crippen molar-refractivity contribution in [1.29, 1.82) is 5.26 Å². The molecular weight excluding hydrogens is 292 g/mol. The number of benzene rings is 1. The van der Waals surface area contributed by atoms with Gasteiger partial charge in [0.05, 0.1) is 12.5 Å². The highest BCUT2D eigenvalue weighted by Gasteiger charge is 2.13. The van der Waals surface area contributed by atoms with E-state index < -0.39 is 0 Å². The predicted octanol–water partition coefficient (Wildman–Crippen LogP) is 4.33. The summed E-state index contributed by atoms with van der Waals surface area (Å²) >= 11 is 1.58. The summed E-state index contributed by atoms with van der Waals surface area (Å²) in [6.45, 7) is 4.46. The van der Waals surface area contributed by atoms with Gasteiger partial charge in [0.1, 0.15) is 0 Å². The van der Waals surface area contributed by atoms with E-state index in [9.17, 15) is 4.79 Å². The number of carbonyl (C=O) groups is 1. The number of carbonyl (C=O) groups excluding carboxylic acids is 1. The fourth-order valence-corrected chi connectivity index (χ4v) is 2.67. The topological polar surface area (TPSA) is 44.1 Å². The Morgan fingerprint density at radius 1 is 1.32 bits per heavy atom. The van der Waals surface area contributed by atoms with Gasteiger partial charge in [-0.15, -0.1) is 11.3 Å². The van der Waals surface area contributed by atoms with E-state index in [0.717, 1.165) is 16.1 Å². The second-order valence-corrected chi connectivity index (χ2v) is 5.99. The molecule has 1 aromatic heterocycles. The highest BCUT2D eigenvalue weighted by molar-refractivity contribution is 7.10. The van der Waals surface area contributed by atoms with Crippen LogP contribution < -0.4 is 4.90 Å². The normalized spacial score (nSPS) is 10.6. The minimum Gasteiger partial charge on any atom is -0.308 e. The molecule has 0 saturated heterocycles. The van der Waals surface area contributed by atoms with Crippen LogP contribution in [0, 0.1) is 25.2 Å². The molecule has 0 radical (unpaired) electrons. The fourth-order valence-electron chi connectivity index (χ4n) is 2.05. The van der Waals surface area contributed by atoms with Crippen molar-refractivity contribution in [3.63, 3.8) is 0 Å². The van der Waals surface area contributed by atoms with Crippen LogP contribution in [-0.2, 0) is 4.79 Å². The van der Waals surface area contributed by atoms with Gasteiger partial charge in [-0.1, -0.05) is 12.1 Å². The van der Waals surface area contributed by atoms with Crippen molar-refractivity contribution < 1.29 is 4.79 Å². The zero-order valence-corrected chi connectivity index (χ0v) is 13.6. The van der Waals surface area contributed by atoms with Crippen molar-refractivity contribution in [1.82, 2.24) is 0 Å². The molecule has 1 heterocycles. The van der Waals surface area contributed by atoms with Gasteiger partial charge in [-0.3, -0.25) is 4.79 Å². The summed E-state index contributed by atoms with van der Waals surface area (Å²) in [5.41, 5.74) is 3.15. The lowest BCUT2D eigenvalue weighted by Gasteiger charge is -2.21. The Balaban J connectivity index is 2.23. The predicted molar refractivity (Wildman–Crippen MR) is 91.9 cm³/mol. The molecule has 0 bridgehead atoms. The highest BCUT2D eigenvalue weighted by Crippen LogP contribution is 2.20. The van der Waals surface area contributed by atoms with Crippen LogP contribution in [0.5, 0.6) is 0 Å². The summed E-state index contributed by atoms with van der Waals surface area (Å²) in [6, 6.07) is 11.9. The summed E-state index contributed by atoms with van der Waals surface area (Å²) in [7, 11) is 0. The number of thiophene rings is 1. The molecule has 0 saturated carbocycles. The summed E-state index contributed by atoms with van der Waals surface area (Å²) in [6.07, 6.45) is 3.69. The van der Waals surface area contributed by atoms with Gasteiger partial charge in [0.15, 0.2) is 0 Å². The largest absolute Gasteiger partial charge is 0.308 e. The monoisotopic (exact) mass is 310 g/mol. The molecule has 1 amide bonds. The van der Waals surface area contributed by atoms with E-state index in [1.165, 1.54) is 5.56 Å². The number of hydrogen-bond acceptors (Lipinski definition) is 3. The third kappa shape index (κ3) is 4.06. The molecular formula is C18H18N2OS. The Hall–Kier alpha value is -2.38. The number of amides is 1. The maximum atomic E-state index is 12.5. The first-order valence-electron chi connectivity index (χ1n) is 7.09. The van der Waals surface area contributed by atoms with Gasteiger partial charge in [0.2, 0.25) is 0 Å². The first kappa shape index (κ1) is 16.0. The van der Waals surface area contributed by atoms with Gasteiger partial charge in [0.25, 0.3) is 5.91 Å². The maximum Gasteiger partial charge on any atom is 0.251 e. The lowest BCUT2D eigenvalue weighted by atomic mass is 10.1. The van der Waals surface area contributed by atoms with Crippen molar-refractivity contribution in [3.8, 4) is 6.07 Å². The fraction of sp³-hybridized carbons (Fsp3) is 0.222. The average molecular weight is 310 g/mol. The van der Waals surface area contributed by atoms with E-state index in [0.29, 0.717) is 13.0 Å². The molecule has 0 unspecified atom stereocenters. The molecule has 0 spiro atoms. The van der Waals surface area contributed by atoms with Gasteiger partial charge in [-0.2, -0.15) is 5.26 Å². The van der Waals surface area contributed by atoms with Crippen LogP contribution in [0.1, 0.15) is 22.4 Å². The van der Waals surface area contributed by atoms with Gasteiger partial charge < -0.3 is 4.90 Å². The van der Waals surface area contributed by atoms with E-state index >= 15 is 0 Å². The van der Waals surface area contributed by atoms with Crippen molar-refractivity contribution >= 4 is 29.0 Å². The number of hydrogen-bond donors (Lipinski definition) is 0. The minimum absolute atomic E-state index is 0.105. The number of nitrogens with zero attached hydrogens (tertiary/aromatic N) is 2. The molecule has 0 aliphatic rings. The molecule has 0 aliphatic heterocycles. The second kappa shape index (κ2) is 7.58. The van der Waals surface area contributed by atoms with E-state index in [1.54, 1.807) is 22.3 Å². The molecule has 2 rings (SSSR count). The van der Waals surface area contributed by atoms with Crippen molar-refractivity contribution in [2.75, 3.05) is 11.4 Å². The molecule has 112 valence electrons. The highest BCUT2D eigenvalue weighted by atomic mass is 32.1. The molecule has 0 aliphatic carbocycles. The van der Waals surface area contributed by atoms with Crippen LogP contribution in [0.3, 0.4) is 0 Å². The summed E-state index contributed by atoms with van der Waals surface area (Å²) in [5, 5.41) is 10.8. The Labute approximate surface area is 135 Å². The van der Waals surface area contributed by atoms with Crippen LogP contribution in [0.4, 0.5) is 5.69 Å². The van der Waals surface area contributed by atoms with Crippen LogP contribution in [0.25, 0.3) is 6.08 Å². The molecule has 22 heavy (non-hydrogen) atoms. The Bertz CT molecular complexity index is 711. The number of rotatable bonds is 5.